The number of ether oxygens (including phenoxy) is 1. The van der Waals surface area contributed by atoms with Gasteiger partial charge in [0.25, 0.3) is 0 Å². The second kappa shape index (κ2) is 11.2. The van der Waals surface area contributed by atoms with E-state index in [2.05, 4.69) is 26.7 Å². The van der Waals surface area contributed by atoms with Gasteiger partial charge in [0, 0.05) is 48.7 Å². The van der Waals surface area contributed by atoms with E-state index >= 15 is 0 Å². The van der Waals surface area contributed by atoms with Crippen molar-refractivity contribution in [3.8, 4) is 6.07 Å². The molecule has 8 nitrogen and oxygen atoms in total. The van der Waals surface area contributed by atoms with Crippen LogP contribution in [-0.4, -0.2) is 34.6 Å². The van der Waals surface area contributed by atoms with Crippen LogP contribution in [0.15, 0.2) is 55.1 Å². The van der Waals surface area contributed by atoms with Crippen LogP contribution < -0.4 is 10.6 Å². The third-order valence-corrected chi connectivity index (χ3v) is 6.53. The first-order valence-corrected chi connectivity index (χ1v) is 11.7. The highest BCUT2D eigenvalue weighted by atomic mass is 32.1. The number of hydrogen-bond acceptors (Lipinski definition) is 7. The van der Waals surface area contributed by atoms with Crippen molar-refractivity contribution in [2.75, 3.05) is 11.9 Å². The summed E-state index contributed by atoms with van der Waals surface area (Å²) in [7, 11) is 0. The minimum atomic E-state index is -0.455. The van der Waals surface area contributed by atoms with E-state index in [-0.39, 0.29) is 12.0 Å². The zero-order valence-electron chi connectivity index (χ0n) is 18.4. The molecule has 0 spiro atoms. The lowest BCUT2D eigenvalue weighted by molar-refractivity contribution is -0.111. The largest absolute Gasteiger partial charge is 0.446 e. The number of nitriles is 1. The molecule has 9 heteroatoms. The standard InChI is InChI=1S/C25H23N5O3S/c26-14-21-20-7-6-19(33-25(32)29-12-9-18-4-2-11-28-16-18)13-22(20)34-24(21)30-23(31)8-5-17-3-1-10-27-15-17/h1-5,8,10-11,15-16,19H,6-7,9,12-13H2,(H,29,32)(H,30,31)/b8-5+. The molecule has 4 rings (SSSR count). The molecule has 0 saturated carbocycles. The van der Waals surface area contributed by atoms with E-state index in [4.69, 9.17) is 4.74 Å². The van der Waals surface area contributed by atoms with Crippen LogP contribution in [0.2, 0.25) is 0 Å². The summed E-state index contributed by atoms with van der Waals surface area (Å²) in [4.78, 5) is 33.6. The Hall–Kier alpha value is -4.03. The van der Waals surface area contributed by atoms with Crippen molar-refractivity contribution in [1.82, 2.24) is 15.3 Å². The van der Waals surface area contributed by atoms with Gasteiger partial charge in [0.05, 0.1) is 5.56 Å². The summed E-state index contributed by atoms with van der Waals surface area (Å²) in [5.41, 5.74) is 3.26. The number of nitrogens with zero attached hydrogens (tertiary/aromatic N) is 3. The molecular weight excluding hydrogens is 450 g/mol. The molecule has 1 aliphatic rings. The van der Waals surface area contributed by atoms with Crippen LogP contribution in [0, 0.1) is 11.3 Å². The van der Waals surface area contributed by atoms with Gasteiger partial charge in [0.15, 0.2) is 0 Å². The Morgan fingerprint density at radius 3 is 2.79 bits per heavy atom. The van der Waals surface area contributed by atoms with E-state index in [1.165, 1.54) is 17.4 Å². The lowest BCUT2D eigenvalue weighted by atomic mass is 9.94. The predicted molar refractivity (Wildman–Crippen MR) is 129 cm³/mol. The number of pyridine rings is 2. The maximum atomic E-state index is 12.4. The first-order valence-electron chi connectivity index (χ1n) is 10.9. The van der Waals surface area contributed by atoms with Crippen molar-refractivity contribution in [3.05, 3.63) is 82.3 Å². The summed E-state index contributed by atoms with van der Waals surface area (Å²) in [6.45, 7) is 0.461. The molecule has 0 radical (unpaired) electrons. The average Bonchev–Trinajstić information content (AvgIpc) is 3.20. The normalized spacial score (nSPS) is 14.7. The summed E-state index contributed by atoms with van der Waals surface area (Å²) < 4.78 is 5.59. The molecule has 0 aliphatic heterocycles. The molecule has 1 unspecified atom stereocenters. The minimum absolute atomic E-state index is 0.273. The molecule has 3 heterocycles. The van der Waals surface area contributed by atoms with E-state index in [1.807, 2.05) is 18.2 Å². The van der Waals surface area contributed by atoms with Gasteiger partial charge < -0.3 is 15.4 Å². The molecule has 1 atom stereocenters. The topological polar surface area (TPSA) is 117 Å². The number of rotatable bonds is 7. The van der Waals surface area contributed by atoms with E-state index in [0.29, 0.717) is 42.8 Å². The van der Waals surface area contributed by atoms with Crippen molar-refractivity contribution in [3.63, 3.8) is 0 Å². The van der Waals surface area contributed by atoms with Crippen molar-refractivity contribution in [1.29, 1.82) is 5.26 Å². The Balaban J connectivity index is 1.32. The molecular formula is C25H23N5O3S. The number of thiophene rings is 1. The average molecular weight is 474 g/mol. The molecule has 0 saturated heterocycles. The van der Waals surface area contributed by atoms with E-state index in [1.54, 1.807) is 36.9 Å². The number of carbonyl (C=O) groups is 2. The van der Waals surface area contributed by atoms with Gasteiger partial charge in [0.2, 0.25) is 5.91 Å². The van der Waals surface area contributed by atoms with Gasteiger partial charge in [-0.1, -0.05) is 12.1 Å². The highest BCUT2D eigenvalue weighted by molar-refractivity contribution is 7.16. The molecule has 0 bridgehead atoms. The van der Waals surface area contributed by atoms with Gasteiger partial charge >= 0.3 is 6.09 Å². The van der Waals surface area contributed by atoms with Gasteiger partial charge in [-0.15, -0.1) is 11.3 Å². The van der Waals surface area contributed by atoms with Crippen LogP contribution >= 0.6 is 11.3 Å². The maximum absolute atomic E-state index is 12.4. The molecule has 0 fully saturated rings. The van der Waals surface area contributed by atoms with Crippen LogP contribution in [0.25, 0.3) is 6.08 Å². The Kier molecular flexibility index (Phi) is 7.63. The number of nitrogens with one attached hydrogen (secondary N) is 2. The van der Waals surface area contributed by atoms with E-state index in [0.717, 1.165) is 21.6 Å². The van der Waals surface area contributed by atoms with Crippen LogP contribution in [0.3, 0.4) is 0 Å². The SMILES string of the molecule is N#Cc1c(NC(=O)/C=C/c2cccnc2)sc2c1CCC(OC(=O)NCCc1cccnc1)C2. The molecule has 3 aromatic heterocycles. The van der Waals surface area contributed by atoms with Crippen LogP contribution in [0.1, 0.15) is 33.6 Å². The molecule has 3 aromatic rings. The summed E-state index contributed by atoms with van der Waals surface area (Å²) >= 11 is 1.36. The molecule has 34 heavy (non-hydrogen) atoms. The monoisotopic (exact) mass is 473 g/mol. The Bertz CT molecular complexity index is 1220. The highest BCUT2D eigenvalue weighted by Crippen LogP contribution is 2.38. The number of aromatic nitrogens is 2. The summed E-state index contributed by atoms with van der Waals surface area (Å²) in [6.07, 6.45) is 11.6. The minimum Gasteiger partial charge on any atom is -0.446 e. The Morgan fingerprint density at radius 1 is 1.24 bits per heavy atom. The molecule has 2 N–H and O–H groups in total. The second-order valence-corrected chi connectivity index (χ2v) is 8.84. The van der Waals surface area contributed by atoms with Crippen molar-refractivity contribution in [2.45, 2.75) is 31.8 Å². The zero-order valence-corrected chi connectivity index (χ0v) is 19.2. The third kappa shape index (κ3) is 6.05. The van der Waals surface area contributed by atoms with Gasteiger partial charge in [-0.2, -0.15) is 5.26 Å². The van der Waals surface area contributed by atoms with Crippen LogP contribution in [0.4, 0.5) is 9.80 Å². The molecule has 0 aromatic carbocycles. The van der Waals surface area contributed by atoms with Crippen molar-refractivity contribution in [2.24, 2.45) is 0 Å². The highest BCUT2D eigenvalue weighted by Gasteiger charge is 2.28. The first-order chi connectivity index (χ1) is 16.6. The summed E-state index contributed by atoms with van der Waals surface area (Å²) in [5.74, 6) is -0.320. The maximum Gasteiger partial charge on any atom is 0.407 e. The lowest BCUT2D eigenvalue weighted by Gasteiger charge is -2.22. The van der Waals surface area contributed by atoms with Crippen molar-refractivity contribution >= 4 is 34.4 Å². The molecule has 2 amide bonds. The van der Waals surface area contributed by atoms with E-state index in [9.17, 15) is 14.9 Å². The number of carbonyl (C=O) groups excluding carboxylic acids is 2. The van der Waals surface area contributed by atoms with Crippen LogP contribution in [0.5, 0.6) is 0 Å². The summed E-state index contributed by atoms with van der Waals surface area (Å²) in [5, 5.41) is 15.8. The number of amides is 2. The molecule has 172 valence electrons. The Labute approximate surface area is 201 Å². The third-order valence-electron chi connectivity index (χ3n) is 5.36. The zero-order chi connectivity index (χ0) is 23.8. The fraction of sp³-hybridized carbons (Fsp3) is 0.240. The van der Waals surface area contributed by atoms with Gasteiger partial charge in [-0.25, -0.2) is 4.79 Å². The van der Waals surface area contributed by atoms with Gasteiger partial charge in [-0.05, 0) is 54.2 Å². The fourth-order valence-electron chi connectivity index (χ4n) is 3.71. The number of hydrogen-bond donors (Lipinski definition) is 2. The number of alkyl carbamates (subject to hydrolysis) is 1. The smallest absolute Gasteiger partial charge is 0.407 e. The van der Waals surface area contributed by atoms with E-state index < -0.39 is 6.09 Å². The summed E-state index contributed by atoms with van der Waals surface area (Å²) in [6, 6.07) is 9.67. The van der Waals surface area contributed by atoms with Gasteiger partial charge in [-0.3, -0.25) is 14.8 Å². The predicted octanol–water partition coefficient (Wildman–Crippen LogP) is 3.89. The first kappa shape index (κ1) is 23.1. The quantitative estimate of drug-likeness (QED) is 0.503. The van der Waals surface area contributed by atoms with Crippen LogP contribution in [-0.2, 0) is 28.8 Å². The lowest BCUT2D eigenvalue weighted by Crippen LogP contribution is -2.33. The molecule has 1 aliphatic carbocycles. The number of anilines is 1. The van der Waals surface area contributed by atoms with Gasteiger partial charge in [0.1, 0.15) is 17.2 Å². The fourth-order valence-corrected chi connectivity index (χ4v) is 4.98. The van der Waals surface area contributed by atoms with Crippen molar-refractivity contribution < 1.29 is 14.3 Å². The number of fused-ring (bicyclic) bond motifs is 1. The Morgan fingerprint density at radius 2 is 2.06 bits per heavy atom. The second-order valence-electron chi connectivity index (χ2n) is 7.74.